The van der Waals surface area contributed by atoms with Crippen LogP contribution in [0, 0.1) is 6.92 Å². The third kappa shape index (κ3) is 4.33. The van der Waals surface area contributed by atoms with Crippen LogP contribution in [0.4, 0.5) is 11.7 Å². The zero-order chi connectivity index (χ0) is 15.5. The van der Waals surface area contributed by atoms with Crippen LogP contribution in [0.1, 0.15) is 39.0 Å². The largest absolute Gasteiger partial charge is 0.431 e. The van der Waals surface area contributed by atoms with Gasteiger partial charge in [0.15, 0.2) is 0 Å². The van der Waals surface area contributed by atoms with E-state index in [2.05, 4.69) is 74.1 Å². The Hall–Kier alpha value is -1.81. The lowest BCUT2D eigenvalue weighted by Crippen LogP contribution is -2.35. The molecule has 0 saturated carbocycles. The molecular formula is C17H25N3O. The van der Waals surface area contributed by atoms with E-state index in [0.29, 0.717) is 12.6 Å². The fraction of sp³-hybridized carbons (Fsp3) is 0.471. The number of aryl methyl sites for hydroxylation is 1. The van der Waals surface area contributed by atoms with Crippen molar-refractivity contribution in [3.63, 3.8) is 0 Å². The fourth-order valence-corrected chi connectivity index (χ4v) is 2.01. The summed E-state index contributed by atoms with van der Waals surface area (Å²) in [5.74, 6) is 0. The molecule has 1 heterocycles. The van der Waals surface area contributed by atoms with Crippen LogP contribution in [0.5, 0.6) is 0 Å². The zero-order valence-corrected chi connectivity index (χ0v) is 13.6. The molecule has 0 saturated heterocycles. The van der Waals surface area contributed by atoms with Gasteiger partial charge in [0.05, 0.1) is 5.69 Å². The van der Waals surface area contributed by atoms with E-state index < -0.39 is 0 Å². The molecule has 4 heteroatoms. The molecule has 0 aliphatic rings. The van der Waals surface area contributed by atoms with Crippen molar-refractivity contribution in [1.29, 1.82) is 0 Å². The predicted octanol–water partition coefficient (Wildman–Crippen LogP) is 4.03. The standard InChI is InChI=1S/C17H25N3O/c1-6-20(15-9-7-13(2)8-10-15)16-19-14(12-21-16)11-18-17(3,4)5/h7-10,12,18H,6,11H2,1-5H3. The zero-order valence-electron chi connectivity index (χ0n) is 13.6. The Bertz CT molecular complexity index is 566. The molecule has 1 aromatic heterocycles. The molecule has 0 amide bonds. The van der Waals surface area contributed by atoms with Crippen molar-refractivity contribution in [2.45, 2.75) is 46.7 Å². The van der Waals surface area contributed by atoms with Gasteiger partial charge >= 0.3 is 6.01 Å². The van der Waals surface area contributed by atoms with E-state index in [1.54, 1.807) is 6.26 Å². The minimum Gasteiger partial charge on any atom is -0.431 e. The van der Waals surface area contributed by atoms with E-state index in [9.17, 15) is 0 Å². The molecular weight excluding hydrogens is 262 g/mol. The number of nitrogens with one attached hydrogen (secondary N) is 1. The molecule has 0 aliphatic carbocycles. The van der Waals surface area contributed by atoms with Gasteiger partial charge in [-0.1, -0.05) is 17.7 Å². The van der Waals surface area contributed by atoms with Gasteiger partial charge in [-0.15, -0.1) is 0 Å². The summed E-state index contributed by atoms with van der Waals surface area (Å²) < 4.78 is 5.64. The van der Waals surface area contributed by atoms with E-state index in [1.807, 2.05) is 0 Å². The Morgan fingerprint density at radius 3 is 2.43 bits per heavy atom. The predicted molar refractivity (Wildman–Crippen MR) is 87.0 cm³/mol. The highest BCUT2D eigenvalue weighted by molar-refractivity contribution is 5.56. The maximum absolute atomic E-state index is 5.64. The first-order valence-corrected chi connectivity index (χ1v) is 7.42. The third-order valence-corrected chi connectivity index (χ3v) is 3.23. The molecule has 0 radical (unpaired) electrons. The van der Waals surface area contributed by atoms with E-state index in [4.69, 9.17) is 4.42 Å². The number of rotatable bonds is 5. The van der Waals surface area contributed by atoms with Gasteiger partial charge in [0.25, 0.3) is 0 Å². The number of aromatic nitrogens is 1. The molecule has 1 N–H and O–H groups in total. The summed E-state index contributed by atoms with van der Waals surface area (Å²) in [4.78, 5) is 6.65. The molecule has 1 aromatic carbocycles. The van der Waals surface area contributed by atoms with Crippen molar-refractivity contribution in [1.82, 2.24) is 10.3 Å². The lowest BCUT2D eigenvalue weighted by Gasteiger charge is -2.20. The van der Waals surface area contributed by atoms with Crippen molar-refractivity contribution >= 4 is 11.7 Å². The minimum absolute atomic E-state index is 0.0700. The monoisotopic (exact) mass is 287 g/mol. The van der Waals surface area contributed by atoms with Crippen LogP contribution in [0.2, 0.25) is 0 Å². The van der Waals surface area contributed by atoms with Crippen LogP contribution >= 0.6 is 0 Å². The highest BCUT2D eigenvalue weighted by Gasteiger charge is 2.15. The second kappa shape index (κ2) is 6.31. The van der Waals surface area contributed by atoms with Crippen molar-refractivity contribution in [2.75, 3.05) is 11.4 Å². The van der Waals surface area contributed by atoms with Crippen molar-refractivity contribution in [3.05, 3.63) is 41.8 Å². The average molecular weight is 287 g/mol. The van der Waals surface area contributed by atoms with Crippen LogP contribution in [0.3, 0.4) is 0 Å². The highest BCUT2D eigenvalue weighted by atomic mass is 16.4. The average Bonchev–Trinajstić information content (AvgIpc) is 2.87. The van der Waals surface area contributed by atoms with Crippen molar-refractivity contribution < 1.29 is 4.42 Å². The van der Waals surface area contributed by atoms with E-state index in [-0.39, 0.29) is 5.54 Å². The van der Waals surface area contributed by atoms with Gasteiger partial charge in [-0.25, -0.2) is 0 Å². The third-order valence-electron chi connectivity index (χ3n) is 3.23. The number of hydrogen-bond donors (Lipinski definition) is 1. The second-order valence-corrected chi connectivity index (χ2v) is 6.30. The molecule has 2 aromatic rings. The smallest absolute Gasteiger partial charge is 0.302 e. The van der Waals surface area contributed by atoms with Gasteiger partial charge < -0.3 is 9.73 Å². The number of oxazole rings is 1. The Balaban J connectivity index is 2.12. The van der Waals surface area contributed by atoms with E-state index in [1.165, 1.54) is 5.56 Å². The summed E-state index contributed by atoms with van der Waals surface area (Å²) in [6, 6.07) is 9.03. The fourth-order valence-electron chi connectivity index (χ4n) is 2.01. The Labute approximate surface area is 127 Å². The van der Waals surface area contributed by atoms with Crippen molar-refractivity contribution in [2.24, 2.45) is 0 Å². The highest BCUT2D eigenvalue weighted by Crippen LogP contribution is 2.24. The number of anilines is 2. The molecule has 2 rings (SSSR count). The van der Waals surface area contributed by atoms with Gasteiger partial charge in [-0.05, 0) is 46.8 Å². The molecule has 0 bridgehead atoms. The molecule has 0 atom stereocenters. The summed E-state index contributed by atoms with van der Waals surface area (Å²) >= 11 is 0. The molecule has 0 spiro atoms. The van der Waals surface area contributed by atoms with Crippen LogP contribution in [0.25, 0.3) is 0 Å². The quantitative estimate of drug-likeness (QED) is 0.901. The molecule has 0 aliphatic heterocycles. The maximum Gasteiger partial charge on any atom is 0.302 e. The SMILES string of the molecule is CCN(c1ccc(C)cc1)c1nc(CNC(C)(C)C)co1. The minimum atomic E-state index is 0.0700. The number of benzene rings is 1. The molecule has 0 fully saturated rings. The van der Waals surface area contributed by atoms with Crippen molar-refractivity contribution in [3.8, 4) is 0 Å². The second-order valence-electron chi connectivity index (χ2n) is 6.30. The Kier molecular flexibility index (Phi) is 4.68. The summed E-state index contributed by atoms with van der Waals surface area (Å²) in [7, 11) is 0. The first-order chi connectivity index (χ1) is 9.89. The lowest BCUT2D eigenvalue weighted by molar-refractivity contribution is 0.421. The summed E-state index contributed by atoms with van der Waals surface area (Å²) in [6.45, 7) is 12.1. The first-order valence-electron chi connectivity index (χ1n) is 7.42. The molecule has 4 nitrogen and oxygen atoms in total. The number of nitrogens with zero attached hydrogens (tertiary/aromatic N) is 2. The van der Waals surface area contributed by atoms with Gasteiger partial charge in [0.1, 0.15) is 6.26 Å². The Morgan fingerprint density at radius 1 is 1.19 bits per heavy atom. The normalized spacial score (nSPS) is 11.7. The van der Waals surface area contributed by atoms with Gasteiger partial charge in [0.2, 0.25) is 0 Å². The molecule has 0 unspecified atom stereocenters. The lowest BCUT2D eigenvalue weighted by atomic mass is 10.1. The maximum atomic E-state index is 5.64. The Morgan fingerprint density at radius 2 is 1.86 bits per heavy atom. The van der Waals surface area contributed by atoms with Gasteiger partial charge in [0, 0.05) is 24.3 Å². The van der Waals surface area contributed by atoms with E-state index >= 15 is 0 Å². The van der Waals surface area contributed by atoms with Crippen LogP contribution < -0.4 is 10.2 Å². The molecule has 114 valence electrons. The van der Waals surface area contributed by atoms with Crippen LogP contribution in [-0.2, 0) is 6.54 Å². The molecule has 21 heavy (non-hydrogen) atoms. The number of hydrogen-bond acceptors (Lipinski definition) is 4. The van der Waals surface area contributed by atoms with Gasteiger partial charge in [-0.3, -0.25) is 4.90 Å². The van der Waals surface area contributed by atoms with Crippen LogP contribution in [-0.4, -0.2) is 17.1 Å². The summed E-state index contributed by atoms with van der Waals surface area (Å²) in [5, 5.41) is 3.41. The summed E-state index contributed by atoms with van der Waals surface area (Å²) in [5.41, 5.74) is 3.34. The first kappa shape index (κ1) is 15.6. The topological polar surface area (TPSA) is 41.3 Å². The van der Waals surface area contributed by atoms with Crippen LogP contribution in [0.15, 0.2) is 34.9 Å². The van der Waals surface area contributed by atoms with E-state index in [0.717, 1.165) is 17.9 Å². The summed E-state index contributed by atoms with van der Waals surface area (Å²) in [6.07, 6.45) is 1.73. The van der Waals surface area contributed by atoms with Gasteiger partial charge in [-0.2, -0.15) is 4.98 Å².